The summed E-state index contributed by atoms with van der Waals surface area (Å²) in [5.41, 5.74) is 7.18. The van der Waals surface area contributed by atoms with Gasteiger partial charge in [-0.2, -0.15) is 5.26 Å². The molecule has 6 heteroatoms. The van der Waals surface area contributed by atoms with Crippen molar-refractivity contribution in [3.05, 3.63) is 74.4 Å². The van der Waals surface area contributed by atoms with Crippen molar-refractivity contribution >= 4 is 44.6 Å². The van der Waals surface area contributed by atoms with E-state index in [1.54, 1.807) is 23.5 Å². The molecule has 0 radical (unpaired) electrons. The number of allylic oxidation sites excluding steroid dienone is 1. The Kier molecular flexibility index (Phi) is 3.65. The highest BCUT2D eigenvalue weighted by atomic mass is 35.5. The highest BCUT2D eigenvalue weighted by Crippen LogP contribution is 2.51. The van der Waals surface area contributed by atoms with Crippen molar-refractivity contribution < 1.29 is 4.74 Å². The van der Waals surface area contributed by atoms with Crippen LogP contribution in [0.3, 0.4) is 0 Å². The van der Waals surface area contributed by atoms with E-state index < -0.39 is 0 Å². The SMILES string of the molecule is N#CC1=C(N)Oc2c(sc3ccccc23)[C@H]1c1ccc(Cl)cc1Cl. The van der Waals surface area contributed by atoms with Crippen LogP contribution in [-0.2, 0) is 0 Å². The molecule has 1 atom stereocenters. The molecule has 0 bridgehead atoms. The Morgan fingerprint density at radius 3 is 2.71 bits per heavy atom. The van der Waals surface area contributed by atoms with Crippen molar-refractivity contribution in [1.82, 2.24) is 0 Å². The minimum Gasteiger partial charge on any atom is -0.439 e. The van der Waals surface area contributed by atoms with Gasteiger partial charge in [-0.15, -0.1) is 11.3 Å². The Hall–Kier alpha value is -2.19. The topological polar surface area (TPSA) is 59.0 Å². The average Bonchev–Trinajstić information content (AvgIpc) is 2.92. The highest BCUT2D eigenvalue weighted by molar-refractivity contribution is 7.19. The van der Waals surface area contributed by atoms with E-state index >= 15 is 0 Å². The second-order valence-electron chi connectivity index (χ2n) is 5.38. The molecule has 1 aromatic heterocycles. The molecule has 2 N–H and O–H groups in total. The Morgan fingerprint density at radius 1 is 1.17 bits per heavy atom. The van der Waals surface area contributed by atoms with Gasteiger partial charge in [0.25, 0.3) is 0 Å². The molecule has 0 saturated carbocycles. The summed E-state index contributed by atoms with van der Waals surface area (Å²) in [7, 11) is 0. The summed E-state index contributed by atoms with van der Waals surface area (Å²) in [6, 6.07) is 15.4. The van der Waals surface area contributed by atoms with Crippen LogP contribution in [-0.4, -0.2) is 0 Å². The smallest absolute Gasteiger partial charge is 0.205 e. The van der Waals surface area contributed by atoms with Crippen LogP contribution in [0.2, 0.25) is 10.0 Å². The number of hydrogen-bond acceptors (Lipinski definition) is 4. The van der Waals surface area contributed by atoms with Crippen LogP contribution in [0.15, 0.2) is 53.9 Å². The molecule has 0 unspecified atom stereocenters. The van der Waals surface area contributed by atoms with Gasteiger partial charge in [0.15, 0.2) is 5.75 Å². The molecule has 118 valence electrons. The fourth-order valence-corrected chi connectivity index (χ4v) is 4.71. The summed E-state index contributed by atoms with van der Waals surface area (Å²) >= 11 is 14.0. The van der Waals surface area contributed by atoms with Crippen molar-refractivity contribution in [1.29, 1.82) is 5.26 Å². The Labute approximate surface area is 152 Å². The molecule has 24 heavy (non-hydrogen) atoms. The van der Waals surface area contributed by atoms with Gasteiger partial charge in [-0.3, -0.25) is 0 Å². The normalized spacial score (nSPS) is 16.6. The molecule has 2 heterocycles. The summed E-state index contributed by atoms with van der Waals surface area (Å²) in [6.07, 6.45) is 0. The number of ether oxygens (including phenoxy) is 1. The van der Waals surface area contributed by atoms with Crippen LogP contribution >= 0.6 is 34.5 Å². The van der Waals surface area contributed by atoms with Crippen molar-refractivity contribution in [2.24, 2.45) is 5.73 Å². The molecule has 1 aliphatic rings. The van der Waals surface area contributed by atoms with E-state index in [2.05, 4.69) is 6.07 Å². The molecule has 1 aliphatic heterocycles. The largest absolute Gasteiger partial charge is 0.439 e. The molecule has 2 aromatic carbocycles. The Morgan fingerprint density at radius 2 is 1.96 bits per heavy atom. The maximum atomic E-state index is 9.61. The van der Waals surface area contributed by atoms with Crippen molar-refractivity contribution in [3.63, 3.8) is 0 Å². The lowest BCUT2D eigenvalue weighted by atomic mass is 9.88. The van der Waals surface area contributed by atoms with Crippen molar-refractivity contribution in [3.8, 4) is 11.8 Å². The van der Waals surface area contributed by atoms with Gasteiger partial charge in [0, 0.05) is 20.1 Å². The second-order valence-corrected chi connectivity index (χ2v) is 7.31. The number of halogens is 2. The van der Waals surface area contributed by atoms with Crippen molar-refractivity contribution in [2.45, 2.75) is 5.92 Å². The van der Waals surface area contributed by atoms with Gasteiger partial charge < -0.3 is 10.5 Å². The maximum Gasteiger partial charge on any atom is 0.205 e. The monoisotopic (exact) mass is 372 g/mol. The Balaban J connectivity index is 2.02. The fourth-order valence-electron chi connectivity index (χ4n) is 2.93. The zero-order chi connectivity index (χ0) is 16.8. The van der Waals surface area contributed by atoms with E-state index in [4.69, 9.17) is 33.7 Å². The molecule has 0 amide bonds. The third kappa shape index (κ3) is 2.25. The van der Waals surface area contributed by atoms with Crippen LogP contribution in [0.25, 0.3) is 10.1 Å². The predicted molar refractivity (Wildman–Crippen MR) is 97.6 cm³/mol. The molecular weight excluding hydrogens is 363 g/mol. The molecule has 3 aromatic rings. The van der Waals surface area contributed by atoms with Crippen molar-refractivity contribution in [2.75, 3.05) is 0 Å². The van der Waals surface area contributed by atoms with Gasteiger partial charge in [0.05, 0.1) is 10.8 Å². The third-order valence-corrected chi connectivity index (χ3v) is 5.78. The van der Waals surface area contributed by atoms with E-state index in [0.717, 1.165) is 20.5 Å². The minimum atomic E-state index is -0.360. The third-order valence-electron chi connectivity index (χ3n) is 4.00. The number of nitriles is 1. The summed E-state index contributed by atoms with van der Waals surface area (Å²) in [6.45, 7) is 0. The number of nitrogens with two attached hydrogens (primary N) is 1. The van der Waals surface area contributed by atoms with E-state index in [9.17, 15) is 5.26 Å². The van der Waals surface area contributed by atoms with Gasteiger partial charge in [-0.25, -0.2) is 0 Å². The van der Waals surface area contributed by atoms with Crippen LogP contribution in [0.1, 0.15) is 16.4 Å². The first-order valence-corrected chi connectivity index (χ1v) is 8.71. The number of fused-ring (bicyclic) bond motifs is 3. The van der Waals surface area contributed by atoms with Crippen LogP contribution in [0.5, 0.6) is 5.75 Å². The van der Waals surface area contributed by atoms with Gasteiger partial charge in [-0.05, 0) is 29.8 Å². The lowest BCUT2D eigenvalue weighted by Crippen LogP contribution is -2.20. The predicted octanol–water partition coefficient (Wildman–Crippen LogP) is 5.43. The zero-order valence-electron chi connectivity index (χ0n) is 12.2. The lowest BCUT2D eigenvalue weighted by molar-refractivity contribution is 0.401. The van der Waals surface area contributed by atoms with Gasteiger partial charge in [0.2, 0.25) is 5.88 Å². The molecule has 4 rings (SSSR count). The van der Waals surface area contributed by atoms with Gasteiger partial charge >= 0.3 is 0 Å². The highest BCUT2D eigenvalue weighted by Gasteiger charge is 2.34. The number of hydrogen-bond donors (Lipinski definition) is 1. The zero-order valence-corrected chi connectivity index (χ0v) is 14.5. The molecule has 0 saturated heterocycles. The second kappa shape index (κ2) is 5.71. The standard InChI is InChI=1S/C18H10Cl2N2OS/c19-9-5-6-10(13(20)7-9)15-12(8-21)18(22)23-16-11-3-1-2-4-14(11)24-17(15)16/h1-7,15H,22H2/t15-/m0/s1. The molecular formula is C18H10Cl2N2OS. The molecule has 0 fully saturated rings. The van der Waals surface area contributed by atoms with Crippen LogP contribution in [0.4, 0.5) is 0 Å². The summed E-state index contributed by atoms with van der Waals surface area (Å²) in [5.74, 6) is 0.452. The summed E-state index contributed by atoms with van der Waals surface area (Å²) in [4.78, 5) is 0.922. The van der Waals surface area contributed by atoms with Crippen LogP contribution < -0.4 is 10.5 Å². The molecule has 0 aliphatic carbocycles. The van der Waals surface area contributed by atoms with E-state index in [1.807, 2.05) is 30.3 Å². The first-order chi connectivity index (χ1) is 11.6. The Bertz CT molecular complexity index is 1050. The average molecular weight is 373 g/mol. The lowest BCUT2D eigenvalue weighted by Gasteiger charge is -2.24. The molecule has 3 nitrogen and oxygen atoms in total. The number of thiophene rings is 1. The maximum absolute atomic E-state index is 9.61. The van der Waals surface area contributed by atoms with Gasteiger partial charge in [0.1, 0.15) is 11.6 Å². The summed E-state index contributed by atoms with van der Waals surface area (Å²) < 4.78 is 6.85. The fraction of sp³-hybridized carbons (Fsp3) is 0.0556. The van der Waals surface area contributed by atoms with E-state index in [0.29, 0.717) is 21.4 Å². The number of rotatable bonds is 1. The first-order valence-electron chi connectivity index (χ1n) is 7.14. The van der Waals surface area contributed by atoms with E-state index in [-0.39, 0.29) is 11.8 Å². The quantitative estimate of drug-likeness (QED) is 0.619. The number of nitrogens with zero attached hydrogens (tertiary/aromatic N) is 1. The molecule has 0 spiro atoms. The number of benzene rings is 2. The van der Waals surface area contributed by atoms with Gasteiger partial charge in [-0.1, -0.05) is 41.4 Å². The minimum absolute atomic E-state index is 0.115. The van der Waals surface area contributed by atoms with E-state index in [1.165, 1.54) is 0 Å². The van der Waals surface area contributed by atoms with Crippen LogP contribution in [0, 0.1) is 11.3 Å². The first kappa shape index (κ1) is 15.3. The summed E-state index contributed by atoms with van der Waals surface area (Å²) in [5, 5.41) is 11.6.